The molecular weight excluding hydrogens is 338 g/mol. The summed E-state index contributed by atoms with van der Waals surface area (Å²) in [5, 5.41) is 5.63. The maximum Gasteiger partial charge on any atom is 0.243 e. The standard InChI is InChI=1S/C22H27N3O2/c1-15-9-10-19-18(12-15)8-5-11-25(19)14-21(27)23-13-20(26)24-22-16(2)6-4-7-17(22)3/h4,6-7,9-10,12H,5,8,11,13-14H2,1-3H3,(H,23,27)(H,24,26). The normalized spacial score (nSPS) is 13.1. The van der Waals surface area contributed by atoms with E-state index >= 15 is 0 Å². The quantitative estimate of drug-likeness (QED) is 0.856. The minimum atomic E-state index is -0.213. The van der Waals surface area contributed by atoms with Gasteiger partial charge in [-0.3, -0.25) is 9.59 Å². The van der Waals surface area contributed by atoms with Crippen molar-refractivity contribution in [1.82, 2.24) is 5.32 Å². The molecular formula is C22H27N3O2. The molecule has 142 valence electrons. The van der Waals surface area contributed by atoms with Gasteiger partial charge in [-0.2, -0.15) is 0 Å². The van der Waals surface area contributed by atoms with Crippen molar-refractivity contribution in [3.63, 3.8) is 0 Å². The van der Waals surface area contributed by atoms with Crippen LogP contribution in [0.25, 0.3) is 0 Å². The maximum atomic E-state index is 12.3. The molecule has 0 aromatic heterocycles. The predicted octanol–water partition coefficient (Wildman–Crippen LogP) is 3.12. The first-order chi connectivity index (χ1) is 12.9. The zero-order chi connectivity index (χ0) is 19.4. The van der Waals surface area contributed by atoms with Gasteiger partial charge in [-0.15, -0.1) is 0 Å². The number of amides is 2. The first-order valence-corrected chi connectivity index (χ1v) is 9.41. The topological polar surface area (TPSA) is 61.4 Å². The zero-order valence-corrected chi connectivity index (χ0v) is 16.3. The third kappa shape index (κ3) is 4.67. The van der Waals surface area contributed by atoms with Gasteiger partial charge in [0.1, 0.15) is 0 Å². The molecule has 0 bridgehead atoms. The predicted molar refractivity (Wildman–Crippen MR) is 109 cm³/mol. The van der Waals surface area contributed by atoms with Gasteiger partial charge in [0, 0.05) is 17.9 Å². The number of hydrogen-bond donors (Lipinski definition) is 2. The Morgan fingerprint density at radius 1 is 1.04 bits per heavy atom. The van der Waals surface area contributed by atoms with Crippen molar-refractivity contribution in [3.05, 3.63) is 58.7 Å². The third-order valence-corrected chi connectivity index (χ3v) is 4.98. The largest absolute Gasteiger partial charge is 0.362 e. The van der Waals surface area contributed by atoms with Gasteiger partial charge >= 0.3 is 0 Å². The van der Waals surface area contributed by atoms with E-state index in [1.807, 2.05) is 32.0 Å². The SMILES string of the molecule is Cc1ccc2c(c1)CCCN2CC(=O)NCC(=O)Nc1c(C)cccc1C. The van der Waals surface area contributed by atoms with E-state index in [2.05, 4.69) is 40.7 Å². The lowest BCUT2D eigenvalue weighted by molar-refractivity contribution is -0.123. The summed E-state index contributed by atoms with van der Waals surface area (Å²) >= 11 is 0. The smallest absolute Gasteiger partial charge is 0.243 e. The summed E-state index contributed by atoms with van der Waals surface area (Å²) in [4.78, 5) is 26.7. The lowest BCUT2D eigenvalue weighted by atomic mass is 9.99. The van der Waals surface area contributed by atoms with Gasteiger partial charge in [0.25, 0.3) is 0 Å². The van der Waals surface area contributed by atoms with E-state index in [1.165, 1.54) is 11.1 Å². The van der Waals surface area contributed by atoms with E-state index in [1.54, 1.807) is 0 Å². The Kier molecular flexibility index (Phi) is 5.79. The van der Waals surface area contributed by atoms with E-state index in [0.29, 0.717) is 0 Å². The molecule has 5 nitrogen and oxygen atoms in total. The average Bonchev–Trinajstić information content (AvgIpc) is 2.63. The van der Waals surface area contributed by atoms with Crippen LogP contribution in [0.4, 0.5) is 11.4 Å². The van der Waals surface area contributed by atoms with Crippen molar-refractivity contribution < 1.29 is 9.59 Å². The molecule has 0 saturated carbocycles. The van der Waals surface area contributed by atoms with Crippen molar-refractivity contribution in [1.29, 1.82) is 0 Å². The summed E-state index contributed by atoms with van der Waals surface area (Å²) in [5.41, 5.74) is 6.49. The highest BCUT2D eigenvalue weighted by Gasteiger charge is 2.19. The molecule has 1 aliphatic rings. The van der Waals surface area contributed by atoms with Gasteiger partial charge in [-0.1, -0.05) is 35.9 Å². The van der Waals surface area contributed by atoms with Crippen molar-refractivity contribution >= 4 is 23.2 Å². The van der Waals surface area contributed by atoms with Crippen LogP contribution in [0.1, 0.15) is 28.7 Å². The van der Waals surface area contributed by atoms with Crippen LogP contribution in [-0.4, -0.2) is 31.4 Å². The van der Waals surface area contributed by atoms with Crippen LogP contribution in [0.15, 0.2) is 36.4 Å². The Morgan fingerprint density at radius 3 is 2.52 bits per heavy atom. The summed E-state index contributed by atoms with van der Waals surface area (Å²) in [6.07, 6.45) is 2.09. The number of benzene rings is 2. The van der Waals surface area contributed by atoms with Crippen LogP contribution < -0.4 is 15.5 Å². The first-order valence-electron chi connectivity index (χ1n) is 9.41. The number of hydrogen-bond acceptors (Lipinski definition) is 3. The number of nitrogens with one attached hydrogen (secondary N) is 2. The second-order valence-corrected chi connectivity index (χ2v) is 7.25. The fourth-order valence-electron chi connectivity index (χ4n) is 3.57. The molecule has 5 heteroatoms. The number of nitrogens with zero attached hydrogens (tertiary/aromatic N) is 1. The van der Waals surface area contributed by atoms with Gasteiger partial charge in [0.15, 0.2) is 0 Å². The molecule has 3 rings (SSSR count). The highest BCUT2D eigenvalue weighted by Crippen LogP contribution is 2.27. The second kappa shape index (κ2) is 8.25. The van der Waals surface area contributed by atoms with Crippen LogP contribution in [0.5, 0.6) is 0 Å². The second-order valence-electron chi connectivity index (χ2n) is 7.25. The van der Waals surface area contributed by atoms with Gasteiger partial charge in [-0.05, 0) is 56.4 Å². The number of fused-ring (bicyclic) bond motifs is 1. The maximum absolute atomic E-state index is 12.3. The molecule has 27 heavy (non-hydrogen) atoms. The first kappa shape index (κ1) is 19.0. The molecule has 2 amide bonds. The molecule has 2 N–H and O–H groups in total. The summed E-state index contributed by atoms with van der Waals surface area (Å²) in [6, 6.07) is 12.2. The summed E-state index contributed by atoms with van der Waals surface area (Å²) in [6.45, 7) is 7.10. The fraction of sp³-hybridized carbons (Fsp3) is 0.364. The lowest BCUT2D eigenvalue weighted by Crippen LogP contribution is -2.42. The number of carbonyl (C=O) groups excluding carboxylic acids is 2. The fourth-order valence-corrected chi connectivity index (χ4v) is 3.57. The number of aryl methyl sites for hydroxylation is 4. The molecule has 2 aromatic carbocycles. The van der Waals surface area contributed by atoms with Crippen molar-refractivity contribution in [3.8, 4) is 0 Å². The van der Waals surface area contributed by atoms with E-state index < -0.39 is 0 Å². The van der Waals surface area contributed by atoms with Crippen LogP contribution in [0.3, 0.4) is 0 Å². The molecule has 0 spiro atoms. The molecule has 0 atom stereocenters. The van der Waals surface area contributed by atoms with Gasteiger partial charge in [-0.25, -0.2) is 0 Å². The molecule has 0 unspecified atom stereocenters. The van der Waals surface area contributed by atoms with E-state index in [0.717, 1.165) is 41.9 Å². The van der Waals surface area contributed by atoms with Gasteiger partial charge in [0.05, 0.1) is 13.1 Å². The Bertz CT molecular complexity index is 840. The Labute approximate surface area is 160 Å². The highest BCUT2D eigenvalue weighted by molar-refractivity contribution is 5.96. The van der Waals surface area contributed by atoms with Gasteiger partial charge in [0.2, 0.25) is 11.8 Å². The van der Waals surface area contributed by atoms with Gasteiger partial charge < -0.3 is 15.5 Å². The van der Waals surface area contributed by atoms with Crippen molar-refractivity contribution in [2.45, 2.75) is 33.6 Å². The van der Waals surface area contributed by atoms with Crippen molar-refractivity contribution in [2.75, 3.05) is 29.9 Å². The molecule has 1 aliphatic heterocycles. The summed E-state index contributed by atoms with van der Waals surface area (Å²) < 4.78 is 0. The highest BCUT2D eigenvalue weighted by atomic mass is 16.2. The number of rotatable bonds is 5. The van der Waals surface area contributed by atoms with E-state index in [-0.39, 0.29) is 24.9 Å². The number of anilines is 2. The minimum absolute atomic E-state index is 0.0266. The Balaban J connectivity index is 1.54. The van der Waals surface area contributed by atoms with Crippen LogP contribution in [0.2, 0.25) is 0 Å². The molecule has 0 saturated heterocycles. The monoisotopic (exact) mass is 365 g/mol. The Hall–Kier alpha value is -2.82. The van der Waals surface area contributed by atoms with Crippen LogP contribution >= 0.6 is 0 Å². The average molecular weight is 365 g/mol. The molecule has 0 radical (unpaired) electrons. The minimum Gasteiger partial charge on any atom is -0.362 e. The zero-order valence-electron chi connectivity index (χ0n) is 16.3. The van der Waals surface area contributed by atoms with E-state index in [4.69, 9.17) is 0 Å². The molecule has 1 heterocycles. The van der Waals surface area contributed by atoms with Crippen molar-refractivity contribution in [2.24, 2.45) is 0 Å². The Morgan fingerprint density at radius 2 is 1.78 bits per heavy atom. The number of para-hydroxylation sites is 1. The molecule has 0 aliphatic carbocycles. The van der Waals surface area contributed by atoms with Crippen LogP contribution in [0, 0.1) is 20.8 Å². The summed E-state index contributed by atoms with van der Waals surface area (Å²) in [7, 11) is 0. The van der Waals surface area contributed by atoms with Crippen LogP contribution in [-0.2, 0) is 16.0 Å². The molecule has 2 aromatic rings. The lowest BCUT2D eigenvalue weighted by Gasteiger charge is -2.31. The number of carbonyl (C=O) groups is 2. The van der Waals surface area contributed by atoms with E-state index in [9.17, 15) is 9.59 Å². The third-order valence-electron chi connectivity index (χ3n) is 4.98. The summed E-state index contributed by atoms with van der Waals surface area (Å²) in [5.74, 6) is -0.351. The molecule has 0 fully saturated rings.